The van der Waals surface area contributed by atoms with Crippen molar-refractivity contribution in [2.45, 2.75) is 54.4 Å². The molecule has 3 heteroatoms. The number of carbonyl (C=O) groups excluding carboxylic acids is 1. The fraction of sp³-hybridized carbons (Fsp3) is 0.423. The van der Waals surface area contributed by atoms with Crippen LogP contribution in [0.4, 0.5) is 0 Å². The fourth-order valence-corrected chi connectivity index (χ4v) is 2.92. The van der Waals surface area contributed by atoms with Gasteiger partial charge in [-0.2, -0.15) is 0 Å². The first-order valence-electron chi connectivity index (χ1n) is 10.5. The maximum Gasteiger partial charge on any atom is 0.311 e. The molecule has 2 rings (SSSR count). The summed E-state index contributed by atoms with van der Waals surface area (Å²) in [4.78, 5) is 11.9. The van der Waals surface area contributed by atoms with E-state index in [-0.39, 0.29) is 5.97 Å². The Morgan fingerprint density at radius 3 is 2.21 bits per heavy atom. The van der Waals surface area contributed by atoms with E-state index in [1.807, 2.05) is 51.1 Å². The monoisotopic (exact) mass is 394 g/mol. The molecule has 0 aliphatic rings. The van der Waals surface area contributed by atoms with E-state index in [1.54, 1.807) is 0 Å². The van der Waals surface area contributed by atoms with Crippen LogP contribution in [0.5, 0.6) is 11.5 Å². The average Bonchev–Trinajstić information content (AvgIpc) is 2.63. The van der Waals surface area contributed by atoms with Crippen LogP contribution in [0.15, 0.2) is 42.5 Å². The Hall–Kier alpha value is -2.55. The van der Waals surface area contributed by atoms with Gasteiger partial charge in [0.1, 0.15) is 11.5 Å². The Balaban J connectivity index is 2.04. The van der Waals surface area contributed by atoms with Crippen molar-refractivity contribution in [2.75, 3.05) is 6.61 Å². The van der Waals surface area contributed by atoms with Gasteiger partial charge in [-0.25, -0.2) is 0 Å². The maximum absolute atomic E-state index is 11.9. The molecule has 0 fully saturated rings. The van der Waals surface area contributed by atoms with Gasteiger partial charge in [0.25, 0.3) is 0 Å². The Bertz CT molecular complexity index is 830. The standard InChI is InChI=1S/C26H34O3/c1-18(2)13-14-28-24-10-7-22(8-11-24)20(5)16-23-9-12-25(17-21(23)6)29-26(27)15-19(3)4/h7-12,16-19H,13-15H2,1-6H3/b20-16+. The molecular formula is C26H34O3. The highest BCUT2D eigenvalue weighted by atomic mass is 16.5. The minimum atomic E-state index is -0.186. The molecule has 0 radical (unpaired) electrons. The van der Waals surface area contributed by atoms with Crippen LogP contribution in [0.1, 0.15) is 64.2 Å². The van der Waals surface area contributed by atoms with Crippen molar-refractivity contribution >= 4 is 17.6 Å². The molecular weight excluding hydrogens is 360 g/mol. The van der Waals surface area contributed by atoms with E-state index in [9.17, 15) is 4.79 Å². The number of aryl methyl sites for hydroxylation is 1. The molecule has 0 unspecified atom stereocenters. The first kappa shape index (κ1) is 22.7. The van der Waals surface area contributed by atoms with Crippen LogP contribution in [0.25, 0.3) is 11.6 Å². The molecule has 0 saturated heterocycles. The molecule has 156 valence electrons. The van der Waals surface area contributed by atoms with Crippen LogP contribution >= 0.6 is 0 Å². The van der Waals surface area contributed by atoms with Gasteiger partial charge in [0.2, 0.25) is 0 Å². The summed E-state index contributed by atoms with van der Waals surface area (Å²) < 4.78 is 11.2. The number of esters is 1. The highest BCUT2D eigenvalue weighted by molar-refractivity contribution is 5.81. The van der Waals surface area contributed by atoms with Gasteiger partial charge in [0.05, 0.1) is 6.61 Å². The predicted molar refractivity (Wildman–Crippen MR) is 121 cm³/mol. The van der Waals surface area contributed by atoms with Crippen molar-refractivity contribution in [3.05, 3.63) is 59.2 Å². The number of allylic oxidation sites excluding steroid dienone is 1. The highest BCUT2D eigenvalue weighted by Crippen LogP contribution is 2.25. The van der Waals surface area contributed by atoms with Gasteiger partial charge < -0.3 is 9.47 Å². The minimum absolute atomic E-state index is 0.186. The zero-order chi connectivity index (χ0) is 21.4. The van der Waals surface area contributed by atoms with Crippen molar-refractivity contribution < 1.29 is 14.3 Å². The van der Waals surface area contributed by atoms with Gasteiger partial charge in [0.15, 0.2) is 0 Å². The summed E-state index contributed by atoms with van der Waals surface area (Å²) >= 11 is 0. The molecule has 2 aromatic carbocycles. The summed E-state index contributed by atoms with van der Waals surface area (Å²) in [6, 6.07) is 14.0. The highest BCUT2D eigenvalue weighted by Gasteiger charge is 2.09. The Morgan fingerprint density at radius 1 is 0.966 bits per heavy atom. The zero-order valence-corrected chi connectivity index (χ0v) is 18.6. The molecule has 0 bridgehead atoms. The summed E-state index contributed by atoms with van der Waals surface area (Å²) in [6.07, 6.45) is 3.64. The molecule has 0 spiro atoms. The number of hydrogen-bond acceptors (Lipinski definition) is 3. The van der Waals surface area contributed by atoms with Gasteiger partial charge >= 0.3 is 5.97 Å². The Morgan fingerprint density at radius 2 is 1.62 bits per heavy atom. The Kier molecular flexibility index (Phi) is 8.50. The number of carbonyl (C=O) groups is 1. The second kappa shape index (κ2) is 10.8. The largest absolute Gasteiger partial charge is 0.494 e. The van der Waals surface area contributed by atoms with E-state index in [4.69, 9.17) is 9.47 Å². The van der Waals surface area contributed by atoms with Crippen molar-refractivity contribution in [1.29, 1.82) is 0 Å². The second-order valence-corrected chi connectivity index (χ2v) is 8.47. The molecule has 0 aliphatic carbocycles. The van der Waals surface area contributed by atoms with Gasteiger partial charge in [0, 0.05) is 6.42 Å². The summed E-state index contributed by atoms with van der Waals surface area (Å²) in [7, 11) is 0. The van der Waals surface area contributed by atoms with Crippen molar-refractivity contribution in [1.82, 2.24) is 0 Å². The van der Waals surface area contributed by atoms with Crippen LogP contribution in [-0.2, 0) is 4.79 Å². The first-order chi connectivity index (χ1) is 13.7. The lowest BCUT2D eigenvalue weighted by Crippen LogP contribution is -2.10. The lowest BCUT2D eigenvalue weighted by Gasteiger charge is -2.10. The minimum Gasteiger partial charge on any atom is -0.494 e. The molecule has 0 aromatic heterocycles. The van der Waals surface area contributed by atoms with E-state index in [0.717, 1.165) is 35.5 Å². The average molecular weight is 395 g/mol. The first-order valence-corrected chi connectivity index (χ1v) is 10.5. The Labute approximate surface area is 175 Å². The molecule has 29 heavy (non-hydrogen) atoms. The van der Waals surface area contributed by atoms with Crippen LogP contribution in [0, 0.1) is 18.8 Å². The number of rotatable bonds is 9. The van der Waals surface area contributed by atoms with Crippen LogP contribution < -0.4 is 9.47 Å². The van der Waals surface area contributed by atoms with Crippen molar-refractivity contribution in [3.8, 4) is 11.5 Å². The molecule has 3 nitrogen and oxygen atoms in total. The quantitative estimate of drug-likeness (QED) is 0.263. The van der Waals surface area contributed by atoms with Crippen LogP contribution in [-0.4, -0.2) is 12.6 Å². The molecule has 2 aromatic rings. The third kappa shape index (κ3) is 7.77. The number of ether oxygens (including phenoxy) is 2. The normalized spacial score (nSPS) is 11.8. The molecule has 0 aliphatic heterocycles. The zero-order valence-electron chi connectivity index (χ0n) is 18.6. The van der Waals surface area contributed by atoms with E-state index in [0.29, 0.717) is 24.0 Å². The summed E-state index contributed by atoms with van der Waals surface area (Å²) in [6.45, 7) is 13.3. The van der Waals surface area contributed by atoms with Crippen molar-refractivity contribution in [3.63, 3.8) is 0 Å². The number of hydrogen-bond donors (Lipinski definition) is 0. The topological polar surface area (TPSA) is 35.5 Å². The molecule has 0 heterocycles. The molecule has 0 amide bonds. The smallest absolute Gasteiger partial charge is 0.311 e. The molecule has 0 atom stereocenters. The second-order valence-electron chi connectivity index (χ2n) is 8.47. The summed E-state index contributed by atoms with van der Waals surface area (Å²) in [5, 5.41) is 0. The van der Waals surface area contributed by atoms with Crippen LogP contribution in [0.3, 0.4) is 0 Å². The van der Waals surface area contributed by atoms with E-state index in [2.05, 4.69) is 39.0 Å². The third-order valence-corrected chi connectivity index (χ3v) is 4.69. The van der Waals surface area contributed by atoms with E-state index in [1.165, 1.54) is 5.57 Å². The number of benzene rings is 2. The van der Waals surface area contributed by atoms with Gasteiger partial charge in [-0.05, 0) is 78.6 Å². The van der Waals surface area contributed by atoms with Crippen molar-refractivity contribution in [2.24, 2.45) is 11.8 Å². The van der Waals surface area contributed by atoms with E-state index < -0.39 is 0 Å². The van der Waals surface area contributed by atoms with Gasteiger partial charge in [-0.3, -0.25) is 4.79 Å². The SMILES string of the molecule is C/C(=C\c1ccc(OC(=O)CC(C)C)cc1C)c1ccc(OCCC(C)C)cc1. The van der Waals surface area contributed by atoms with Crippen LogP contribution in [0.2, 0.25) is 0 Å². The fourth-order valence-electron chi connectivity index (χ4n) is 2.92. The molecule has 0 N–H and O–H groups in total. The lowest BCUT2D eigenvalue weighted by molar-refractivity contribution is -0.135. The van der Waals surface area contributed by atoms with E-state index >= 15 is 0 Å². The summed E-state index contributed by atoms with van der Waals surface area (Å²) in [5.74, 6) is 2.26. The van der Waals surface area contributed by atoms with Gasteiger partial charge in [-0.15, -0.1) is 0 Å². The summed E-state index contributed by atoms with van der Waals surface area (Å²) in [5.41, 5.74) is 4.52. The lowest BCUT2D eigenvalue weighted by atomic mass is 10.0. The third-order valence-electron chi connectivity index (χ3n) is 4.69. The maximum atomic E-state index is 11.9. The molecule has 0 saturated carbocycles. The predicted octanol–water partition coefficient (Wildman–Crippen LogP) is 6.93. The van der Waals surface area contributed by atoms with Gasteiger partial charge in [-0.1, -0.05) is 52.0 Å².